The van der Waals surface area contributed by atoms with Crippen LogP contribution in [0.3, 0.4) is 0 Å². The van der Waals surface area contributed by atoms with Crippen molar-refractivity contribution in [3.63, 3.8) is 0 Å². The molecule has 0 aliphatic rings. The molecule has 0 saturated carbocycles. The molecule has 2 aromatic rings. The first kappa shape index (κ1) is 17.6. The predicted octanol–water partition coefficient (Wildman–Crippen LogP) is 2.19. The zero-order valence-electron chi connectivity index (χ0n) is 13.7. The molecule has 0 spiro atoms. The number of amides is 1. The van der Waals surface area contributed by atoms with Gasteiger partial charge in [-0.15, -0.1) is 0 Å². The van der Waals surface area contributed by atoms with Crippen LogP contribution in [0.1, 0.15) is 34.2 Å². The van der Waals surface area contributed by atoms with Crippen molar-refractivity contribution in [2.45, 2.75) is 13.3 Å². The van der Waals surface area contributed by atoms with Crippen LogP contribution in [0.5, 0.6) is 0 Å². The largest absolute Gasteiger partial charge is 0.385 e. The second-order valence-corrected chi connectivity index (χ2v) is 5.13. The van der Waals surface area contributed by atoms with E-state index in [1.807, 2.05) is 0 Å². The van der Waals surface area contributed by atoms with Crippen molar-refractivity contribution in [3.05, 3.63) is 47.8 Å². The Hall–Kier alpha value is -2.80. The van der Waals surface area contributed by atoms with Crippen LogP contribution in [0.25, 0.3) is 0 Å². The van der Waals surface area contributed by atoms with Gasteiger partial charge in [-0.1, -0.05) is 0 Å². The number of hydrogen-bond acceptors (Lipinski definition) is 6. The van der Waals surface area contributed by atoms with Gasteiger partial charge in [-0.3, -0.25) is 9.59 Å². The molecule has 7 heteroatoms. The van der Waals surface area contributed by atoms with E-state index in [4.69, 9.17) is 4.74 Å². The summed E-state index contributed by atoms with van der Waals surface area (Å²) in [5.74, 6) is 0.0588. The number of ether oxygens (including phenoxy) is 1. The van der Waals surface area contributed by atoms with Crippen molar-refractivity contribution in [1.29, 1.82) is 0 Å². The van der Waals surface area contributed by atoms with E-state index in [0.29, 0.717) is 24.7 Å². The number of carbonyl (C=O) groups is 2. The maximum absolute atomic E-state index is 12.0. The standard InChI is InChI=1S/C17H20N4O3/c1-12(22)13-4-6-14(7-5-13)20-17-19-10-8-15(21-17)16(23)18-9-3-11-24-2/h4-8,10H,3,9,11H2,1-2H3,(H,18,23)(H,19,20,21). The summed E-state index contributed by atoms with van der Waals surface area (Å²) in [5.41, 5.74) is 1.65. The van der Waals surface area contributed by atoms with Crippen molar-refractivity contribution in [1.82, 2.24) is 15.3 Å². The Bertz CT molecular complexity index is 701. The van der Waals surface area contributed by atoms with Crippen molar-refractivity contribution >= 4 is 23.3 Å². The number of rotatable bonds is 8. The highest BCUT2D eigenvalue weighted by Crippen LogP contribution is 2.14. The van der Waals surface area contributed by atoms with Crippen LogP contribution in [0.2, 0.25) is 0 Å². The number of ketones is 1. The molecule has 0 unspecified atom stereocenters. The second-order valence-electron chi connectivity index (χ2n) is 5.13. The van der Waals surface area contributed by atoms with Crippen LogP contribution in [0.4, 0.5) is 11.6 Å². The van der Waals surface area contributed by atoms with Gasteiger partial charge in [-0.25, -0.2) is 9.97 Å². The van der Waals surface area contributed by atoms with E-state index >= 15 is 0 Å². The fraction of sp³-hybridized carbons (Fsp3) is 0.294. The molecule has 2 N–H and O–H groups in total. The van der Waals surface area contributed by atoms with E-state index in [0.717, 1.165) is 12.1 Å². The van der Waals surface area contributed by atoms with Gasteiger partial charge in [0, 0.05) is 37.7 Å². The maximum atomic E-state index is 12.0. The first-order valence-electron chi connectivity index (χ1n) is 7.58. The van der Waals surface area contributed by atoms with Gasteiger partial charge in [-0.05, 0) is 43.7 Å². The predicted molar refractivity (Wildman–Crippen MR) is 90.6 cm³/mol. The number of anilines is 2. The van der Waals surface area contributed by atoms with E-state index in [1.54, 1.807) is 37.4 Å². The molecule has 7 nitrogen and oxygen atoms in total. The highest BCUT2D eigenvalue weighted by Gasteiger charge is 2.08. The molecule has 24 heavy (non-hydrogen) atoms. The normalized spacial score (nSPS) is 10.2. The van der Waals surface area contributed by atoms with Crippen LogP contribution >= 0.6 is 0 Å². The van der Waals surface area contributed by atoms with Gasteiger partial charge >= 0.3 is 0 Å². The Morgan fingerprint density at radius 3 is 2.58 bits per heavy atom. The number of benzene rings is 1. The lowest BCUT2D eigenvalue weighted by atomic mass is 10.1. The Balaban J connectivity index is 1.99. The summed E-state index contributed by atoms with van der Waals surface area (Å²) >= 11 is 0. The molecule has 1 heterocycles. The van der Waals surface area contributed by atoms with Crippen LogP contribution < -0.4 is 10.6 Å². The molecule has 0 fully saturated rings. The summed E-state index contributed by atoms with van der Waals surface area (Å²) in [7, 11) is 1.62. The Morgan fingerprint density at radius 1 is 1.17 bits per heavy atom. The molecule has 0 saturated heterocycles. The minimum Gasteiger partial charge on any atom is -0.385 e. The van der Waals surface area contributed by atoms with Crippen molar-refractivity contribution in [3.8, 4) is 0 Å². The molecular formula is C17H20N4O3. The third kappa shape index (κ3) is 5.13. The summed E-state index contributed by atoms with van der Waals surface area (Å²) in [4.78, 5) is 31.6. The Labute approximate surface area is 140 Å². The summed E-state index contributed by atoms with van der Waals surface area (Å²) in [6.07, 6.45) is 2.25. The second kappa shape index (κ2) is 8.73. The molecule has 0 bridgehead atoms. The Morgan fingerprint density at radius 2 is 1.92 bits per heavy atom. The quantitative estimate of drug-likeness (QED) is 0.570. The highest BCUT2D eigenvalue weighted by atomic mass is 16.5. The van der Waals surface area contributed by atoms with E-state index in [2.05, 4.69) is 20.6 Å². The highest BCUT2D eigenvalue weighted by molar-refractivity contribution is 5.94. The number of Topliss-reactive ketones (excluding diaryl/α,β-unsaturated/α-hetero) is 1. The molecule has 2 rings (SSSR count). The minimum absolute atomic E-state index is 0.00458. The lowest BCUT2D eigenvalue weighted by Crippen LogP contribution is -2.26. The molecule has 1 aromatic heterocycles. The SMILES string of the molecule is COCCCNC(=O)c1ccnc(Nc2ccc(C(C)=O)cc2)n1. The van der Waals surface area contributed by atoms with Crippen LogP contribution in [-0.2, 0) is 4.74 Å². The minimum atomic E-state index is -0.261. The number of aromatic nitrogens is 2. The van der Waals surface area contributed by atoms with Gasteiger partial charge in [0.25, 0.3) is 5.91 Å². The number of methoxy groups -OCH3 is 1. The zero-order chi connectivity index (χ0) is 17.4. The Kier molecular flexibility index (Phi) is 6.39. The first-order chi connectivity index (χ1) is 11.6. The third-order valence-corrected chi connectivity index (χ3v) is 3.25. The molecule has 1 aromatic carbocycles. The van der Waals surface area contributed by atoms with Crippen molar-refractivity contribution < 1.29 is 14.3 Å². The van der Waals surface area contributed by atoms with Crippen molar-refractivity contribution in [2.24, 2.45) is 0 Å². The van der Waals surface area contributed by atoms with Crippen LogP contribution in [0, 0.1) is 0 Å². The van der Waals surface area contributed by atoms with Gasteiger partial charge in [-0.2, -0.15) is 0 Å². The van der Waals surface area contributed by atoms with E-state index < -0.39 is 0 Å². The van der Waals surface area contributed by atoms with Gasteiger partial charge in [0.1, 0.15) is 5.69 Å². The third-order valence-electron chi connectivity index (χ3n) is 3.25. The maximum Gasteiger partial charge on any atom is 0.270 e. The van der Waals surface area contributed by atoms with Crippen LogP contribution in [0.15, 0.2) is 36.5 Å². The summed E-state index contributed by atoms with van der Waals surface area (Å²) in [5, 5.41) is 5.78. The molecule has 0 aliphatic carbocycles. The monoisotopic (exact) mass is 328 g/mol. The topological polar surface area (TPSA) is 93.2 Å². The number of carbonyl (C=O) groups excluding carboxylic acids is 2. The zero-order valence-corrected chi connectivity index (χ0v) is 13.7. The summed E-state index contributed by atoms with van der Waals surface area (Å²) in [6, 6.07) is 8.51. The van der Waals surface area contributed by atoms with E-state index in [-0.39, 0.29) is 17.4 Å². The fourth-order valence-electron chi connectivity index (χ4n) is 1.97. The van der Waals surface area contributed by atoms with Crippen molar-refractivity contribution in [2.75, 3.05) is 25.6 Å². The molecule has 0 atom stereocenters. The molecule has 0 aliphatic heterocycles. The number of nitrogens with zero attached hydrogens (tertiary/aromatic N) is 2. The molecule has 126 valence electrons. The molecule has 1 amide bonds. The average Bonchev–Trinajstić information content (AvgIpc) is 2.59. The number of nitrogens with one attached hydrogen (secondary N) is 2. The van der Waals surface area contributed by atoms with Gasteiger partial charge in [0.05, 0.1) is 0 Å². The summed E-state index contributed by atoms with van der Waals surface area (Å²) in [6.45, 7) is 2.62. The van der Waals surface area contributed by atoms with E-state index in [9.17, 15) is 9.59 Å². The summed E-state index contributed by atoms with van der Waals surface area (Å²) < 4.78 is 4.93. The smallest absolute Gasteiger partial charge is 0.270 e. The fourth-order valence-corrected chi connectivity index (χ4v) is 1.97. The van der Waals surface area contributed by atoms with E-state index in [1.165, 1.54) is 13.1 Å². The van der Waals surface area contributed by atoms with Gasteiger partial charge in [0.15, 0.2) is 5.78 Å². The van der Waals surface area contributed by atoms with Crippen LogP contribution in [-0.4, -0.2) is 41.9 Å². The lowest BCUT2D eigenvalue weighted by molar-refractivity contribution is 0.0942. The number of hydrogen-bond donors (Lipinski definition) is 2. The van der Waals surface area contributed by atoms with Gasteiger partial charge in [0.2, 0.25) is 5.95 Å². The van der Waals surface area contributed by atoms with Gasteiger partial charge < -0.3 is 15.4 Å². The first-order valence-corrected chi connectivity index (χ1v) is 7.58. The molecule has 0 radical (unpaired) electrons. The average molecular weight is 328 g/mol. The molecular weight excluding hydrogens is 308 g/mol. The lowest BCUT2D eigenvalue weighted by Gasteiger charge is -2.07.